The van der Waals surface area contributed by atoms with Gasteiger partial charge in [-0.25, -0.2) is 4.39 Å². The smallest absolute Gasteiger partial charge is 0.237 e. The van der Waals surface area contributed by atoms with Crippen molar-refractivity contribution in [2.45, 2.75) is 38.8 Å². The topological polar surface area (TPSA) is 32.8 Å². The molecule has 1 heterocycles. The lowest BCUT2D eigenvalue weighted by atomic mass is 10.0. The van der Waals surface area contributed by atoms with E-state index in [9.17, 15) is 9.18 Å². The van der Waals surface area contributed by atoms with Crippen molar-refractivity contribution in [2.24, 2.45) is 0 Å². The summed E-state index contributed by atoms with van der Waals surface area (Å²) in [5.74, 6) is 0.689. The molecule has 2 aromatic rings. The zero-order valence-corrected chi connectivity index (χ0v) is 16.9. The fourth-order valence-corrected chi connectivity index (χ4v) is 3.81. The zero-order chi connectivity index (χ0) is 20.1. The molecule has 1 aliphatic rings. The number of hydrogen-bond donors (Lipinski definition) is 0. The van der Waals surface area contributed by atoms with Crippen molar-refractivity contribution in [1.29, 1.82) is 0 Å². The van der Waals surface area contributed by atoms with Crippen LogP contribution in [0.25, 0.3) is 0 Å². The summed E-state index contributed by atoms with van der Waals surface area (Å²) < 4.78 is 18.7. The SMILES string of the molecule is CCOc1ccc(C2CCCN2CC(=O)N(C)C(C)c2ccc(F)cc2)cc1. The van der Waals surface area contributed by atoms with Crippen molar-refractivity contribution < 1.29 is 13.9 Å². The third-order valence-corrected chi connectivity index (χ3v) is 5.60. The minimum atomic E-state index is -0.264. The summed E-state index contributed by atoms with van der Waals surface area (Å²) in [5.41, 5.74) is 2.16. The van der Waals surface area contributed by atoms with Gasteiger partial charge in [-0.15, -0.1) is 0 Å². The predicted molar refractivity (Wildman–Crippen MR) is 109 cm³/mol. The second-order valence-corrected chi connectivity index (χ2v) is 7.36. The van der Waals surface area contributed by atoms with Crippen LogP contribution in [0, 0.1) is 5.82 Å². The van der Waals surface area contributed by atoms with Gasteiger partial charge in [0.25, 0.3) is 0 Å². The Kier molecular flexibility index (Phi) is 6.68. The quantitative estimate of drug-likeness (QED) is 0.700. The monoisotopic (exact) mass is 384 g/mol. The third-order valence-electron chi connectivity index (χ3n) is 5.60. The van der Waals surface area contributed by atoms with Crippen LogP contribution in [-0.4, -0.2) is 42.5 Å². The van der Waals surface area contributed by atoms with Crippen LogP contribution in [0.4, 0.5) is 4.39 Å². The largest absolute Gasteiger partial charge is 0.494 e. The fraction of sp³-hybridized carbons (Fsp3) is 0.435. The zero-order valence-electron chi connectivity index (χ0n) is 16.9. The van der Waals surface area contributed by atoms with Crippen LogP contribution < -0.4 is 4.74 Å². The van der Waals surface area contributed by atoms with Gasteiger partial charge in [0.05, 0.1) is 19.2 Å². The van der Waals surface area contributed by atoms with Gasteiger partial charge in [-0.05, 0) is 68.6 Å². The first-order valence-corrected chi connectivity index (χ1v) is 9.97. The number of likely N-dealkylation sites (tertiary alicyclic amines) is 1. The van der Waals surface area contributed by atoms with Gasteiger partial charge >= 0.3 is 0 Å². The number of benzene rings is 2. The molecule has 2 unspecified atom stereocenters. The van der Waals surface area contributed by atoms with Crippen LogP contribution in [0.1, 0.15) is 49.9 Å². The summed E-state index contributed by atoms with van der Waals surface area (Å²) >= 11 is 0. The molecule has 0 aromatic heterocycles. The molecule has 0 radical (unpaired) electrons. The molecule has 150 valence electrons. The van der Waals surface area contributed by atoms with Gasteiger partial charge in [0.1, 0.15) is 11.6 Å². The molecule has 0 saturated carbocycles. The molecule has 1 amide bonds. The maximum atomic E-state index is 13.2. The molecular weight excluding hydrogens is 355 g/mol. The summed E-state index contributed by atoms with van der Waals surface area (Å²) in [6.45, 7) is 5.91. The number of carbonyl (C=O) groups excluding carboxylic acids is 1. The van der Waals surface area contributed by atoms with E-state index < -0.39 is 0 Å². The van der Waals surface area contributed by atoms with Crippen LogP contribution >= 0.6 is 0 Å². The van der Waals surface area contributed by atoms with Gasteiger partial charge in [0.15, 0.2) is 0 Å². The van der Waals surface area contributed by atoms with Gasteiger partial charge in [-0.2, -0.15) is 0 Å². The molecule has 1 fully saturated rings. The summed E-state index contributed by atoms with van der Waals surface area (Å²) in [6, 6.07) is 14.7. The lowest BCUT2D eigenvalue weighted by Crippen LogP contribution is -2.39. The lowest BCUT2D eigenvalue weighted by Gasteiger charge is -2.30. The minimum Gasteiger partial charge on any atom is -0.494 e. The molecule has 0 bridgehead atoms. The molecular formula is C23H29FN2O2. The van der Waals surface area contributed by atoms with Crippen molar-refractivity contribution >= 4 is 5.91 Å². The Morgan fingerprint density at radius 2 is 1.89 bits per heavy atom. The predicted octanol–water partition coefficient (Wildman–Crippen LogP) is 4.58. The van der Waals surface area contributed by atoms with Crippen LogP contribution in [0.2, 0.25) is 0 Å². The molecule has 0 N–H and O–H groups in total. The van der Waals surface area contributed by atoms with Gasteiger partial charge < -0.3 is 9.64 Å². The first-order chi connectivity index (χ1) is 13.5. The minimum absolute atomic E-state index is 0.0784. The Hall–Kier alpha value is -2.40. The molecule has 3 rings (SSSR count). The number of rotatable bonds is 7. The van der Waals surface area contributed by atoms with Crippen molar-refractivity contribution in [1.82, 2.24) is 9.80 Å². The molecule has 1 saturated heterocycles. The Balaban J connectivity index is 1.64. The first kappa shape index (κ1) is 20.3. The third kappa shape index (κ3) is 4.71. The summed E-state index contributed by atoms with van der Waals surface area (Å²) in [4.78, 5) is 16.9. The van der Waals surface area contributed by atoms with E-state index in [0.717, 1.165) is 30.7 Å². The van der Waals surface area contributed by atoms with E-state index in [1.54, 1.807) is 17.0 Å². The maximum Gasteiger partial charge on any atom is 0.237 e. The molecule has 0 aliphatic carbocycles. The van der Waals surface area contributed by atoms with Crippen molar-refractivity contribution in [3.05, 3.63) is 65.5 Å². The highest BCUT2D eigenvalue weighted by Crippen LogP contribution is 2.33. The lowest BCUT2D eigenvalue weighted by molar-refractivity contribution is -0.133. The van der Waals surface area contributed by atoms with Crippen molar-refractivity contribution in [3.63, 3.8) is 0 Å². The highest BCUT2D eigenvalue weighted by atomic mass is 19.1. The number of hydrogen-bond acceptors (Lipinski definition) is 3. The number of amides is 1. The molecule has 2 aromatic carbocycles. The van der Waals surface area contributed by atoms with Gasteiger partial charge in [0.2, 0.25) is 5.91 Å². The highest BCUT2D eigenvalue weighted by Gasteiger charge is 2.29. The average Bonchev–Trinajstić information content (AvgIpc) is 3.16. The van der Waals surface area contributed by atoms with Crippen LogP contribution in [0.15, 0.2) is 48.5 Å². The average molecular weight is 384 g/mol. The first-order valence-electron chi connectivity index (χ1n) is 9.97. The molecule has 28 heavy (non-hydrogen) atoms. The second kappa shape index (κ2) is 9.20. The normalized spacial score (nSPS) is 18.1. The molecule has 1 aliphatic heterocycles. The molecule has 2 atom stereocenters. The standard InChI is InChI=1S/C23H29FN2O2/c1-4-28-21-13-9-19(10-14-21)22-6-5-15-26(22)16-23(27)25(3)17(2)18-7-11-20(24)12-8-18/h7-14,17,22H,4-6,15-16H2,1-3H3. The van der Waals surface area contributed by atoms with E-state index >= 15 is 0 Å². The van der Waals surface area contributed by atoms with Gasteiger partial charge in [0, 0.05) is 13.1 Å². The Labute approximate surface area is 166 Å². The Morgan fingerprint density at radius 3 is 2.54 bits per heavy atom. The second-order valence-electron chi connectivity index (χ2n) is 7.36. The van der Waals surface area contributed by atoms with E-state index in [4.69, 9.17) is 4.74 Å². The summed E-state index contributed by atoms with van der Waals surface area (Å²) in [5, 5.41) is 0. The van der Waals surface area contributed by atoms with E-state index in [0.29, 0.717) is 13.2 Å². The van der Waals surface area contributed by atoms with Crippen molar-refractivity contribution in [3.8, 4) is 5.75 Å². The number of carbonyl (C=O) groups is 1. The molecule has 0 spiro atoms. The fourth-order valence-electron chi connectivity index (χ4n) is 3.81. The van der Waals surface area contributed by atoms with E-state index in [1.165, 1.54) is 17.7 Å². The summed E-state index contributed by atoms with van der Waals surface area (Å²) in [7, 11) is 1.82. The number of halogens is 1. The summed E-state index contributed by atoms with van der Waals surface area (Å²) in [6.07, 6.45) is 2.14. The Morgan fingerprint density at radius 1 is 1.21 bits per heavy atom. The molecule has 5 heteroatoms. The molecule has 4 nitrogen and oxygen atoms in total. The van der Waals surface area contributed by atoms with E-state index in [1.807, 2.05) is 33.0 Å². The number of ether oxygens (including phenoxy) is 1. The van der Waals surface area contributed by atoms with E-state index in [2.05, 4.69) is 17.0 Å². The number of nitrogens with zero attached hydrogens (tertiary/aromatic N) is 2. The van der Waals surface area contributed by atoms with Crippen molar-refractivity contribution in [2.75, 3.05) is 26.7 Å². The maximum absolute atomic E-state index is 13.2. The number of likely N-dealkylation sites (N-methyl/N-ethyl adjacent to an activating group) is 1. The van der Waals surface area contributed by atoms with Gasteiger partial charge in [-0.1, -0.05) is 24.3 Å². The van der Waals surface area contributed by atoms with Crippen LogP contribution in [-0.2, 0) is 4.79 Å². The highest BCUT2D eigenvalue weighted by molar-refractivity contribution is 5.78. The van der Waals surface area contributed by atoms with Crippen LogP contribution in [0.3, 0.4) is 0 Å². The van der Waals surface area contributed by atoms with Gasteiger partial charge in [-0.3, -0.25) is 9.69 Å². The Bertz CT molecular complexity index is 776. The van der Waals surface area contributed by atoms with E-state index in [-0.39, 0.29) is 23.8 Å². The van der Waals surface area contributed by atoms with Crippen LogP contribution in [0.5, 0.6) is 5.75 Å².